The van der Waals surface area contributed by atoms with Gasteiger partial charge in [-0.3, -0.25) is 4.79 Å². The van der Waals surface area contributed by atoms with Crippen LogP contribution in [0, 0.1) is 11.8 Å². The minimum atomic E-state index is -0.0693. The molecule has 0 aliphatic carbocycles. The Balaban J connectivity index is 0. The second-order valence-electron chi connectivity index (χ2n) is 5.97. The van der Waals surface area contributed by atoms with Gasteiger partial charge in [0.1, 0.15) is 0 Å². The average molecular weight is 343 g/mol. The lowest BCUT2D eigenvalue weighted by molar-refractivity contribution is -0.124. The Hall–Kier alpha value is -0.0700. The highest BCUT2D eigenvalue weighted by atomic mass is 35.5. The smallest absolute Gasteiger partial charge is 0.224 e. The summed E-state index contributed by atoms with van der Waals surface area (Å²) in [4.78, 5) is 16.4. The summed E-state index contributed by atoms with van der Waals surface area (Å²) in [6, 6.07) is 0. The molecular weight excluding hydrogens is 311 g/mol. The van der Waals surface area contributed by atoms with Gasteiger partial charge in [0.15, 0.2) is 0 Å². The standard InChI is InChI=1S/C14H30N4O.2ClH/c1-12(10-15)14(19)16-11-13-4-6-18(7-5-13)9-8-17(2)3;;/h12-13H,4-11,15H2,1-3H3,(H,16,19);2*1H. The second kappa shape index (κ2) is 12.5. The van der Waals surface area contributed by atoms with E-state index in [1.54, 1.807) is 0 Å². The SMILES string of the molecule is CC(CN)C(=O)NCC1CCN(CCN(C)C)CC1.Cl.Cl. The third-order valence-electron chi connectivity index (χ3n) is 3.94. The minimum Gasteiger partial charge on any atom is -0.356 e. The quantitative estimate of drug-likeness (QED) is 0.718. The summed E-state index contributed by atoms with van der Waals surface area (Å²) in [6.45, 7) is 7.69. The van der Waals surface area contributed by atoms with E-state index in [9.17, 15) is 4.79 Å². The van der Waals surface area contributed by atoms with Crippen molar-refractivity contribution in [3.8, 4) is 0 Å². The maximum atomic E-state index is 11.7. The number of nitrogens with zero attached hydrogens (tertiary/aromatic N) is 2. The molecular formula is C14H32Cl2N4O. The van der Waals surface area contributed by atoms with Crippen molar-refractivity contribution in [2.24, 2.45) is 17.6 Å². The van der Waals surface area contributed by atoms with E-state index in [1.807, 2.05) is 6.92 Å². The lowest BCUT2D eigenvalue weighted by Gasteiger charge is -2.32. The zero-order chi connectivity index (χ0) is 14.3. The molecule has 1 unspecified atom stereocenters. The normalized spacial score (nSPS) is 17.8. The summed E-state index contributed by atoms with van der Waals surface area (Å²) in [6.07, 6.45) is 2.37. The highest BCUT2D eigenvalue weighted by Gasteiger charge is 2.20. The van der Waals surface area contributed by atoms with E-state index >= 15 is 0 Å². The first-order valence-electron chi connectivity index (χ1n) is 7.37. The summed E-state index contributed by atoms with van der Waals surface area (Å²) in [7, 11) is 4.22. The van der Waals surface area contributed by atoms with Gasteiger partial charge in [0.25, 0.3) is 0 Å². The molecule has 7 heteroatoms. The van der Waals surface area contributed by atoms with Crippen LogP contribution in [0.1, 0.15) is 19.8 Å². The fourth-order valence-corrected chi connectivity index (χ4v) is 2.28. The molecule has 21 heavy (non-hydrogen) atoms. The first kappa shape index (κ1) is 23.2. The number of likely N-dealkylation sites (tertiary alicyclic amines) is 1. The number of nitrogens with one attached hydrogen (secondary N) is 1. The highest BCUT2D eigenvalue weighted by Crippen LogP contribution is 2.16. The molecule has 5 nitrogen and oxygen atoms in total. The largest absolute Gasteiger partial charge is 0.356 e. The maximum Gasteiger partial charge on any atom is 0.224 e. The number of likely N-dealkylation sites (N-methyl/N-ethyl adjacent to an activating group) is 1. The van der Waals surface area contributed by atoms with Crippen molar-refractivity contribution in [3.05, 3.63) is 0 Å². The van der Waals surface area contributed by atoms with E-state index in [2.05, 4.69) is 29.2 Å². The Morgan fingerprint density at radius 1 is 1.33 bits per heavy atom. The van der Waals surface area contributed by atoms with Crippen LogP contribution in [0.3, 0.4) is 0 Å². The van der Waals surface area contributed by atoms with Crippen LogP contribution in [0.4, 0.5) is 0 Å². The summed E-state index contributed by atoms with van der Waals surface area (Å²) in [5.74, 6) is 0.655. The van der Waals surface area contributed by atoms with Crippen LogP contribution in [0.25, 0.3) is 0 Å². The fraction of sp³-hybridized carbons (Fsp3) is 0.929. The molecule has 0 spiro atoms. The minimum absolute atomic E-state index is 0. The Morgan fingerprint density at radius 3 is 2.38 bits per heavy atom. The molecule has 0 bridgehead atoms. The predicted molar refractivity (Wildman–Crippen MR) is 93.4 cm³/mol. The Kier molecular flexibility index (Phi) is 13.8. The van der Waals surface area contributed by atoms with E-state index < -0.39 is 0 Å². The van der Waals surface area contributed by atoms with E-state index in [0.717, 1.165) is 32.7 Å². The van der Waals surface area contributed by atoms with E-state index in [-0.39, 0.29) is 36.6 Å². The zero-order valence-corrected chi connectivity index (χ0v) is 15.1. The molecule has 0 radical (unpaired) electrons. The van der Waals surface area contributed by atoms with E-state index in [4.69, 9.17) is 5.73 Å². The van der Waals surface area contributed by atoms with Gasteiger partial charge in [-0.15, -0.1) is 24.8 Å². The molecule has 1 heterocycles. The summed E-state index contributed by atoms with van der Waals surface area (Å²) in [5.41, 5.74) is 5.49. The van der Waals surface area contributed by atoms with Gasteiger partial charge >= 0.3 is 0 Å². The van der Waals surface area contributed by atoms with Crippen molar-refractivity contribution in [1.82, 2.24) is 15.1 Å². The molecule has 128 valence electrons. The van der Waals surface area contributed by atoms with Crippen molar-refractivity contribution < 1.29 is 4.79 Å². The molecule has 1 rings (SSSR count). The number of carbonyl (C=O) groups excluding carboxylic acids is 1. The van der Waals surface area contributed by atoms with Gasteiger partial charge in [-0.1, -0.05) is 6.92 Å². The van der Waals surface area contributed by atoms with Crippen LogP contribution in [0.2, 0.25) is 0 Å². The third kappa shape index (κ3) is 9.53. The maximum absolute atomic E-state index is 11.7. The zero-order valence-electron chi connectivity index (χ0n) is 13.5. The molecule has 0 saturated carbocycles. The number of rotatable bonds is 7. The molecule has 0 aromatic rings. The van der Waals surface area contributed by atoms with E-state index in [0.29, 0.717) is 12.5 Å². The second-order valence-corrected chi connectivity index (χ2v) is 5.97. The first-order chi connectivity index (χ1) is 9.02. The topological polar surface area (TPSA) is 61.6 Å². The van der Waals surface area contributed by atoms with Crippen LogP contribution >= 0.6 is 24.8 Å². The number of carbonyl (C=O) groups is 1. The fourth-order valence-electron chi connectivity index (χ4n) is 2.28. The highest BCUT2D eigenvalue weighted by molar-refractivity contribution is 5.85. The lowest BCUT2D eigenvalue weighted by atomic mass is 9.96. The van der Waals surface area contributed by atoms with Crippen molar-refractivity contribution in [2.75, 3.05) is 53.4 Å². The predicted octanol–water partition coefficient (Wildman–Crippen LogP) is 0.815. The third-order valence-corrected chi connectivity index (χ3v) is 3.94. The Labute approximate surface area is 141 Å². The number of halogens is 2. The average Bonchev–Trinajstić information content (AvgIpc) is 2.42. The number of amides is 1. The van der Waals surface area contributed by atoms with Crippen LogP contribution in [0.15, 0.2) is 0 Å². The molecule has 1 fully saturated rings. The van der Waals surface area contributed by atoms with Crippen molar-refractivity contribution in [3.63, 3.8) is 0 Å². The number of hydrogen-bond acceptors (Lipinski definition) is 4. The number of nitrogens with two attached hydrogens (primary N) is 1. The monoisotopic (exact) mass is 342 g/mol. The van der Waals surface area contributed by atoms with Gasteiger partial charge in [-0.05, 0) is 45.9 Å². The summed E-state index contributed by atoms with van der Waals surface area (Å²) in [5, 5.41) is 3.02. The molecule has 3 N–H and O–H groups in total. The Bertz CT molecular complexity index is 272. The van der Waals surface area contributed by atoms with Crippen LogP contribution < -0.4 is 11.1 Å². The van der Waals surface area contributed by atoms with Gasteiger partial charge in [-0.2, -0.15) is 0 Å². The van der Waals surface area contributed by atoms with Crippen molar-refractivity contribution in [2.45, 2.75) is 19.8 Å². The van der Waals surface area contributed by atoms with Crippen LogP contribution in [-0.2, 0) is 4.79 Å². The van der Waals surface area contributed by atoms with Crippen LogP contribution in [0.5, 0.6) is 0 Å². The number of piperidine rings is 1. The lowest BCUT2D eigenvalue weighted by Crippen LogP contribution is -2.42. The van der Waals surface area contributed by atoms with Crippen molar-refractivity contribution >= 4 is 30.7 Å². The molecule has 1 atom stereocenters. The molecule has 1 amide bonds. The number of hydrogen-bond donors (Lipinski definition) is 2. The summed E-state index contributed by atoms with van der Waals surface area (Å²) < 4.78 is 0. The van der Waals surface area contributed by atoms with Gasteiger partial charge in [0, 0.05) is 32.1 Å². The molecule has 1 aliphatic rings. The molecule has 0 aromatic carbocycles. The van der Waals surface area contributed by atoms with Gasteiger partial charge in [0.05, 0.1) is 0 Å². The summed E-state index contributed by atoms with van der Waals surface area (Å²) >= 11 is 0. The molecule has 1 aliphatic heterocycles. The van der Waals surface area contributed by atoms with Crippen molar-refractivity contribution in [1.29, 1.82) is 0 Å². The van der Waals surface area contributed by atoms with Gasteiger partial charge < -0.3 is 20.9 Å². The van der Waals surface area contributed by atoms with Crippen LogP contribution in [-0.4, -0.2) is 69.1 Å². The van der Waals surface area contributed by atoms with Gasteiger partial charge in [-0.25, -0.2) is 0 Å². The van der Waals surface area contributed by atoms with E-state index in [1.165, 1.54) is 12.8 Å². The van der Waals surface area contributed by atoms with Gasteiger partial charge in [0.2, 0.25) is 5.91 Å². The first-order valence-corrected chi connectivity index (χ1v) is 7.37. The molecule has 0 aromatic heterocycles. The Morgan fingerprint density at radius 2 is 1.90 bits per heavy atom. The molecule has 1 saturated heterocycles.